The third-order valence-corrected chi connectivity index (χ3v) is 5.23. The van der Waals surface area contributed by atoms with Crippen LogP contribution in [0.15, 0.2) is 29.4 Å². The number of oxime groups is 1. The second-order valence-electron chi connectivity index (χ2n) is 6.82. The number of hydrogen-bond donors (Lipinski definition) is 0. The maximum Gasteiger partial charge on any atom is 0.389 e. The number of alkyl halides is 3. The number of halogens is 4. The van der Waals surface area contributed by atoms with Gasteiger partial charge in [-0.15, -0.1) is 0 Å². The van der Waals surface area contributed by atoms with E-state index in [-0.39, 0.29) is 18.7 Å². The SMILES string of the molecule is O=C(CCCC(F)(F)F)N1CCC2(CC1)CC(c1ccccc1Cl)=NO2. The van der Waals surface area contributed by atoms with Crippen molar-refractivity contribution in [3.8, 4) is 0 Å². The summed E-state index contributed by atoms with van der Waals surface area (Å²) < 4.78 is 36.6. The van der Waals surface area contributed by atoms with E-state index in [2.05, 4.69) is 5.16 Å². The van der Waals surface area contributed by atoms with Crippen molar-refractivity contribution in [2.75, 3.05) is 13.1 Å². The molecule has 0 saturated carbocycles. The third-order valence-electron chi connectivity index (χ3n) is 4.90. The molecule has 0 radical (unpaired) electrons. The molecule has 2 aliphatic heterocycles. The standard InChI is InChI=1S/C18H20ClF3N2O2/c19-14-5-2-1-4-13(14)15-12-17(26-23-15)8-10-24(11-9-17)16(25)6-3-7-18(20,21)22/h1-2,4-5H,3,6-12H2. The van der Waals surface area contributed by atoms with Crippen LogP contribution in [-0.2, 0) is 9.63 Å². The van der Waals surface area contributed by atoms with Crippen molar-refractivity contribution in [3.05, 3.63) is 34.9 Å². The fourth-order valence-electron chi connectivity index (χ4n) is 3.39. The lowest BCUT2D eigenvalue weighted by Crippen LogP contribution is -2.46. The zero-order chi connectivity index (χ0) is 18.8. The Hall–Kier alpha value is -1.76. The molecule has 2 aliphatic rings. The van der Waals surface area contributed by atoms with E-state index < -0.39 is 18.2 Å². The van der Waals surface area contributed by atoms with E-state index in [1.165, 1.54) is 0 Å². The summed E-state index contributed by atoms with van der Waals surface area (Å²) in [5.41, 5.74) is 1.19. The van der Waals surface area contributed by atoms with Gasteiger partial charge in [-0.1, -0.05) is 35.0 Å². The molecule has 0 aromatic heterocycles. The fraction of sp³-hybridized carbons (Fsp3) is 0.556. The van der Waals surface area contributed by atoms with Crippen LogP contribution in [0.4, 0.5) is 13.2 Å². The van der Waals surface area contributed by atoms with Crippen LogP contribution in [0.25, 0.3) is 0 Å². The largest absolute Gasteiger partial charge is 0.389 e. The number of benzene rings is 1. The molecule has 0 aliphatic carbocycles. The van der Waals surface area contributed by atoms with Gasteiger partial charge in [0.15, 0.2) is 0 Å². The zero-order valence-electron chi connectivity index (χ0n) is 14.2. The number of carbonyl (C=O) groups is 1. The van der Waals surface area contributed by atoms with Crippen molar-refractivity contribution in [1.82, 2.24) is 4.90 Å². The molecule has 0 atom stereocenters. The first kappa shape index (κ1) is 19.0. The van der Waals surface area contributed by atoms with Crippen LogP contribution >= 0.6 is 11.6 Å². The summed E-state index contributed by atoms with van der Waals surface area (Å²) in [6.07, 6.45) is -3.54. The molecule has 0 unspecified atom stereocenters. The molecule has 8 heteroatoms. The summed E-state index contributed by atoms with van der Waals surface area (Å²) in [6, 6.07) is 7.42. The number of likely N-dealkylation sites (tertiary alicyclic amines) is 1. The summed E-state index contributed by atoms with van der Waals surface area (Å²) in [5, 5.41) is 4.81. The van der Waals surface area contributed by atoms with E-state index in [1.807, 2.05) is 18.2 Å². The molecular weight excluding hydrogens is 369 g/mol. The summed E-state index contributed by atoms with van der Waals surface area (Å²) in [5.74, 6) is -0.227. The van der Waals surface area contributed by atoms with Gasteiger partial charge in [-0.2, -0.15) is 13.2 Å². The summed E-state index contributed by atoms with van der Waals surface area (Å²) in [4.78, 5) is 19.4. The Morgan fingerprint density at radius 3 is 2.62 bits per heavy atom. The quantitative estimate of drug-likeness (QED) is 0.758. The van der Waals surface area contributed by atoms with E-state index >= 15 is 0 Å². The highest BCUT2D eigenvalue weighted by molar-refractivity contribution is 6.34. The Morgan fingerprint density at radius 1 is 1.27 bits per heavy atom. The van der Waals surface area contributed by atoms with Gasteiger partial charge < -0.3 is 9.74 Å². The molecule has 1 amide bonds. The van der Waals surface area contributed by atoms with Crippen LogP contribution in [0.1, 0.15) is 44.1 Å². The Balaban J connectivity index is 1.50. The van der Waals surface area contributed by atoms with Crippen LogP contribution in [0, 0.1) is 0 Å². The molecular formula is C18H20ClF3N2O2. The van der Waals surface area contributed by atoms with Gasteiger partial charge in [-0.3, -0.25) is 4.79 Å². The minimum Gasteiger partial charge on any atom is -0.388 e. The monoisotopic (exact) mass is 388 g/mol. The molecule has 1 fully saturated rings. The Labute approximate surface area is 154 Å². The van der Waals surface area contributed by atoms with Gasteiger partial charge in [0.05, 0.1) is 5.71 Å². The Morgan fingerprint density at radius 2 is 1.96 bits per heavy atom. The molecule has 3 rings (SSSR count). The zero-order valence-corrected chi connectivity index (χ0v) is 14.9. The van der Waals surface area contributed by atoms with Crippen molar-refractivity contribution in [3.63, 3.8) is 0 Å². The minimum atomic E-state index is -4.21. The number of hydrogen-bond acceptors (Lipinski definition) is 3. The van der Waals surface area contributed by atoms with Crippen LogP contribution in [0.5, 0.6) is 0 Å². The van der Waals surface area contributed by atoms with Gasteiger partial charge in [0, 0.05) is 55.8 Å². The molecule has 0 bridgehead atoms. The maximum absolute atomic E-state index is 12.2. The van der Waals surface area contributed by atoms with E-state index in [4.69, 9.17) is 16.4 Å². The Bertz CT molecular complexity index is 698. The number of rotatable bonds is 4. The normalized spacial score (nSPS) is 19.4. The molecule has 2 heterocycles. The predicted molar refractivity (Wildman–Crippen MR) is 92.1 cm³/mol. The smallest absolute Gasteiger partial charge is 0.388 e. The lowest BCUT2D eigenvalue weighted by Gasteiger charge is -2.37. The molecule has 4 nitrogen and oxygen atoms in total. The second-order valence-corrected chi connectivity index (χ2v) is 7.23. The van der Waals surface area contributed by atoms with Crippen LogP contribution in [0.2, 0.25) is 5.02 Å². The van der Waals surface area contributed by atoms with E-state index in [0.29, 0.717) is 37.4 Å². The van der Waals surface area contributed by atoms with E-state index in [9.17, 15) is 18.0 Å². The fourth-order valence-corrected chi connectivity index (χ4v) is 3.64. The van der Waals surface area contributed by atoms with Crippen LogP contribution < -0.4 is 0 Å². The second kappa shape index (κ2) is 7.47. The highest BCUT2D eigenvalue weighted by atomic mass is 35.5. The molecule has 1 spiro atoms. The maximum atomic E-state index is 12.2. The molecule has 142 valence electrons. The van der Waals surface area contributed by atoms with Gasteiger partial charge in [0.25, 0.3) is 0 Å². The van der Waals surface area contributed by atoms with Crippen molar-refractivity contribution >= 4 is 23.2 Å². The topological polar surface area (TPSA) is 41.9 Å². The van der Waals surface area contributed by atoms with Crippen LogP contribution in [0.3, 0.4) is 0 Å². The predicted octanol–water partition coefficient (Wildman–Crippen LogP) is 4.56. The van der Waals surface area contributed by atoms with Gasteiger partial charge in [0.2, 0.25) is 5.91 Å². The highest BCUT2D eigenvalue weighted by Gasteiger charge is 2.43. The first-order valence-corrected chi connectivity index (χ1v) is 9.00. The van der Waals surface area contributed by atoms with Gasteiger partial charge in [-0.05, 0) is 12.5 Å². The number of amides is 1. The van der Waals surface area contributed by atoms with Crippen molar-refractivity contribution < 1.29 is 22.8 Å². The average molecular weight is 389 g/mol. The van der Waals surface area contributed by atoms with Gasteiger partial charge >= 0.3 is 6.18 Å². The van der Waals surface area contributed by atoms with Crippen LogP contribution in [-0.4, -0.2) is 41.4 Å². The number of nitrogens with zero attached hydrogens (tertiary/aromatic N) is 2. The van der Waals surface area contributed by atoms with Crippen molar-refractivity contribution in [2.45, 2.75) is 50.3 Å². The molecule has 1 aromatic carbocycles. The third kappa shape index (κ3) is 4.50. The molecule has 0 N–H and O–H groups in total. The van der Waals surface area contributed by atoms with E-state index in [0.717, 1.165) is 11.3 Å². The highest BCUT2D eigenvalue weighted by Crippen LogP contribution is 2.37. The number of piperidine rings is 1. The Kier molecular flexibility index (Phi) is 5.46. The minimum absolute atomic E-state index is 0.0747. The number of carbonyl (C=O) groups excluding carboxylic acids is 1. The van der Waals surface area contributed by atoms with Crippen molar-refractivity contribution in [1.29, 1.82) is 0 Å². The van der Waals surface area contributed by atoms with Gasteiger partial charge in [-0.25, -0.2) is 0 Å². The summed E-state index contributed by atoms with van der Waals surface area (Å²) in [7, 11) is 0. The van der Waals surface area contributed by atoms with Gasteiger partial charge in [0.1, 0.15) is 5.60 Å². The summed E-state index contributed by atoms with van der Waals surface area (Å²) in [6.45, 7) is 0.937. The molecule has 1 aromatic rings. The van der Waals surface area contributed by atoms with E-state index in [1.54, 1.807) is 11.0 Å². The summed E-state index contributed by atoms with van der Waals surface area (Å²) >= 11 is 6.21. The molecule has 1 saturated heterocycles. The first-order chi connectivity index (χ1) is 12.3. The first-order valence-electron chi connectivity index (χ1n) is 8.63. The average Bonchev–Trinajstić information content (AvgIpc) is 2.98. The van der Waals surface area contributed by atoms with Crippen molar-refractivity contribution in [2.24, 2.45) is 5.16 Å². The lowest BCUT2D eigenvalue weighted by atomic mass is 9.85. The molecule has 26 heavy (non-hydrogen) atoms. The lowest BCUT2D eigenvalue weighted by molar-refractivity contribution is -0.142.